The average Bonchev–Trinajstić information content (AvgIpc) is 2.03. The summed E-state index contributed by atoms with van der Waals surface area (Å²) in [6, 6.07) is 0. The Morgan fingerprint density at radius 2 is 2.31 bits per heavy atom. The van der Waals surface area contributed by atoms with E-state index in [2.05, 4.69) is 4.90 Å². The Balaban J connectivity index is 2.06. The van der Waals surface area contributed by atoms with Crippen LogP contribution in [-0.2, 0) is 14.0 Å². The summed E-state index contributed by atoms with van der Waals surface area (Å²) in [5.41, 5.74) is 0. The Kier molecular flexibility index (Phi) is 4.73. The summed E-state index contributed by atoms with van der Waals surface area (Å²) in [6.45, 7) is 4.29. The fourth-order valence-corrected chi connectivity index (χ4v) is 1.05. The predicted octanol–water partition coefficient (Wildman–Crippen LogP) is 0.375. The molecule has 13 heavy (non-hydrogen) atoms. The minimum Gasteiger partial charge on any atom is -0.386 e. The molecule has 0 amide bonds. The maximum atomic E-state index is 5.41. The van der Waals surface area contributed by atoms with Gasteiger partial charge in [0.15, 0.2) is 0 Å². The first-order valence-electron chi connectivity index (χ1n) is 4.72. The van der Waals surface area contributed by atoms with Gasteiger partial charge in [-0.25, -0.2) is 0 Å². The third kappa shape index (κ3) is 4.62. The van der Waals surface area contributed by atoms with Gasteiger partial charge in [0.05, 0.1) is 0 Å². The van der Waals surface area contributed by atoms with Crippen molar-refractivity contribution in [2.24, 2.45) is 0 Å². The molecular formula is C8H18BNO3. The maximum absolute atomic E-state index is 5.41. The molecule has 0 aromatic heterocycles. The van der Waals surface area contributed by atoms with Crippen molar-refractivity contribution in [1.29, 1.82) is 0 Å². The Morgan fingerprint density at radius 3 is 2.92 bits per heavy atom. The lowest BCUT2D eigenvalue weighted by Crippen LogP contribution is -2.38. The van der Waals surface area contributed by atoms with E-state index in [1.165, 1.54) is 0 Å². The third-order valence-corrected chi connectivity index (χ3v) is 1.91. The van der Waals surface area contributed by atoms with E-state index >= 15 is 0 Å². The molecule has 1 heterocycles. The third-order valence-electron chi connectivity index (χ3n) is 1.91. The summed E-state index contributed by atoms with van der Waals surface area (Å²) in [6.07, 6.45) is 1.20. The molecule has 1 fully saturated rings. The van der Waals surface area contributed by atoms with Gasteiger partial charge in [0, 0.05) is 25.9 Å². The molecule has 0 N–H and O–H groups in total. The van der Waals surface area contributed by atoms with E-state index in [9.17, 15) is 0 Å². The molecule has 0 bridgehead atoms. The van der Waals surface area contributed by atoms with Crippen molar-refractivity contribution in [2.75, 3.05) is 33.9 Å². The van der Waals surface area contributed by atoms with Crippen molar-refractivity contribution in [3.8, 4) is 0 Å². The first kappa shape index (κ1) is 11.0. The van der Waals surface area contributed by atoms with Crippen molar-refractivity contribution in [2.45, 2.75) is 19.4 Å². The number of rotatable bonds is 4. The fraction of sp³-hybridized carbons (Fsp3) is 1.00. The van der Waals surface area contributed by atoms with Crippen molar-refractivity contribution in [3.05, 3.63) is 0 Å². The van der Waals surface area contributed by atoms with E-state index in [0.717, 1.165) is 19.6 Å². The van der Waals surface area contributed by atoms with Crippen LogP contribution in [0.4, 0.5) is 0 Å². The van der Waals surface area contributed by atoms with Crippen LogP contribution in [0.5, 0.6) is 0 Å². The summed E-state index contributed by atoms with van der Waals surface area (Å²) in [4.78, 5) is 2.06. The molecule has 1 aliphatic heterocycles. The highest BCUT2D eigenvalue weighted by Crippen LogP contribution is 2.09. The van der Waals surface area contributed by atoms with Gasteiger partial charge in [0.1, 0.15) is 0 Å². The van der Waals surface area contributed by atoms with Crippen LogP contribution in [0.2, 0.25) is 0 Å². The zero-order valence-corrected chi connectivity index (χ0v) is 8.66. The summed E-state index contributed by atoms with van der Waals surface area (Å²) in [5, 5.41) is 0. The van der Waals surface area contributed by atoms with Crippen LogP contribution in [0, 0.1) is 0 Å². The van der Waals surface area contributed by atoms with E-state index in [4.69, 9.17) is 14.0 Å². The van der Waals surface area contributed by atoms with Crippen molar-refractivity contribution >= 4 is 7.32 Å². The summed E-state index contributed by atoms with van der Waals surface area (Å²) >= 11 is 0. The van der Waals surface area contributed by atoms with Crippen molar-refractivity contribution in [1.82, 2.24) is 4.90 Å². The van der Waals surface area contributed by atoms with E-state index < -0.39 is 7.32 Å². The lowest BCUT2D eigenvalue weighted by atomic mass is 10.1. The summed E-state index contributed by atoms with van der Waals surface area (Å²) < 4.78 is 16.1. The molecule has 0 aromatic carbocycles. The lowest BCUT2D eigenvalue weighted by molar-refractivity contribution is 0.0130. The molecule has 0 aromatic rings. The van der Waals surface area contributed by atoms with Crippen LogP contribution in [0.15, 0.2) is 0 Å². The highest BCUT2D eigenvalue weighted by atomic mass is 16.7. The van der Waals surface area contributed by atoms with Crippen molar-refractivity contribution < 1.29 is 14.0 Å². The normalized spacial score (nSPS) is 24.0. The average molecular weight is 187 g/mol. The highest BCUT2D eigenvalue weighted by Gasteiger charge is 2.28. The monoisotopic (exact) mass is 187 g/mol. The minimum atomic E-state index is -0.455. The van der Waals surface area contributed by atoms with Gasteiger partial charge in [-0.1, -0.05) is 0 Å². The molecule has 0 saturated carbocycles. The highest BCUT2D eigenvalue weighted by molar-refractivity contribution is 6.36. The standard InChI is InChI=1S/C8H18BNO3/c1-8-4-6-11-9(13-8)12-7-5-10(2)3/h8H,4-7H2,1-3H3. The van der Waals surface area contributed by atoms with Gasteiger partial charge >= 0.3 is 7.32 Å². The second kappa shape index (κ2) is 5.60. The van der Waals surface area contributed by atoms with Gasteiger partial charge in [-0.2, -0.15) is 0 Å². The van der Waals surface area contributed by atoms with Crippen LogP contribution in [0.25, 0.3) is 0 Å². The largest absolute Gasteiger partial charge is 0.639 e. The van der Waals surface area contributed by atoms with E-state index in [0.29, 0.717) is 6.61 Å². The smallest absolute Gasteiger partial charge is 0.386 e. The first-order chi connectivity index (χ1) is 6.18. The van der Waals surface area contributed by atoms with Crippen LogP contribution in [0.3, 0.4) is 0 Å². The molecule has 0 aliphatic carbocycles. The zero-order chi connectivity index (χ0) is 9.68. The summed E-state index contributed by atoms with van der Waals surface area (Å²) in [7, 11) is 3.56. The number of hydrogen-bond donors (Lipinski definition) is 0. The molecule has 1 atom stereocenters. The Morgan fingerprint density at radius 1 is 1.54 bits per heavy atom. The van der Waals surface area contributed by atoms with Gasteiger partial charge in [-0.05, 0) is 27.4 Å². The number of nitrogens with zero attached hydrogens (tertiary/aromatic N) is 1. The molecular weight excluding hydrogens is 169 g/mol. The zero-order valence-electron chi connectivity index (χ0n) is 8.66. The van der Waals surface area contributed by atoms with E-state index in [1.54, 1.807) is 0 Å². The molecule has 1 aliphatic rings. The Bertz CT molecular complexity index is 145. The molecule has 76 valence electrons. The molecule has 4 nitrogen and oxygen atoms in total. The molecule has 1 unspecified atom stereocenters. The van der Waals surface area contributed by atoms with Gasteiger partial charge in [-0.3, -0.25) is 0 Å². The predicted molar refractivity (Wildman–Crippen MR) is 51.4 cm³/mol. The van der Waals surface area contributed by atoms with Crippen molar-refractivity contribution in [3.63, 3.8) is 0 Å². The molecule has 1 saturated heterocycles. The molecule has 5 heteroatoms. The molecule has 0 spiro atoms. The van der Waals surface area contributed by atoms with Crippen LogP contribution in [0.1, 0.15) is 13.3 Å². The van der Waals surface area contributed by atoms with Crippen LogP contribution in [-0.4, -0.2) is 52.2 Å². The SMILES string of the molecule is CC1CCOB(OCCN(C)C)O1. The van der Waals surface area contributed by atoms with Gasteiger partial charge in [0.2, 0.25) is 0 Å². The Hall–Kier alpha value is -0.0951. The minimum absolute atomic E-state index is 0.248. The summed E-state index contributed by atoms with van der Waals surface area (Å²) in [5.74, 6) is 0. The topological polar surface area (TPSA) is 30.9 Å². The van der Waals surface area contributed by atoms with Gasteiger partial charge in [-0.15, -0.1) is 0 Å². The van der Waals surface area contributed by atoms with E-state index in [-0.39, 0.29) is 6.10 Å². The first-order valence-corrected chi connectivity index (χ1v) is 4.72. The van der Waals surface area contributed by atoms with Crippen LogP contribution >= 0.6 is 0 Å². The van der Waals surface area contributed by atoms with Gasteiger partial charge < -0.3 is 18.9 Å². The van der Waals surface area contributed by atoms with E-state index in [1.807, 2.05) is 21.0 Å². The fourth-order valence-electron chi connectivity index (χ4n) is 1.05. The second-order valence-electron chi connectivity index (χ2n) is 3.57. The number of hydrogen-bond acceptors (Lipinski definition) is 4. The van der Waals surface area contributed by atoms with Crippen LogP contribution < -0.4 is 0 Å². The quantitative estimate of drug-likeness (QED) is 0.595. The molecule has 1 rings (SSSR count). The van der Waals surface area contributed by atoms with Gasteiger partial charge in [0.25, 0.3) is 0 Å². The number of likely N-dealkylation sites (N-methyl/N-ethyl adjacent to an activating group) is 1. The molecule has 0 radical (unpaired) electrons. The lowest BCUT2D eigenvalue weighted by Gasteiger charge is -2.24. The second-order valence-corrected chi connectivity index (χ2v) is 3.57. The Labute approximate surface area is 80.3 Å². The maximum Gasteiger partial charge on any atom is 0.639 e.